The van der Waals surface area contributed by atoms with Crippen molar-refractivity contribution in [3.05, 3.63) is 77.9 Å². The average Bonchev–Trinajstić information content (AvgIpc) is 2.91. The van der Waals surface area contributed by atoms with Crippen LogP contribution >= 0.6 is 0 Å². The summed E-state index contributed by atoms with van der Waals surface area (Å²) < 4.78 is 0. The first-order valence-corrected chi connectivity index (χ1v) is 10.4. The third-order valence-corrected chi connectivity index (χ3v) is 6.00. The number of aromatic hydroxyl groups is 1. The molecule has 4 rings (SSSR count). The largest absolute Gasteiger partial charge is 0.507 e. The van der Waals surface area contributed by atoms with Gasteiger partial charge in [-0.15, -0.1) is 0 Å². The molecule has 1 heteroatoms. The zero-order chi connectivity index (χ0) is 19.9. The lowest BCUT2D eigenvalue weighted by molar-refractivity contribution is 0.337. The molecule has 1 aliphatic carbocycles. The van der Waals surface area contributed by atoms with Crippen molar-refractivity contribution < 1.29 is 5.11 Å². The van der Waals surface area contributed by atoms with Gasteiger partial charge in [-0.05, 0) is 64.6 Å². The summed E-state index contributed by atoms with van der Waals surface area (Å²) >= 11 is 0. The fourth-order valence-electron chi connectivity index (χ4n) is 5.26. The Labute approximate surface area is 169 Å². The number of rotatable bonds is 5. The summed E-state index contributed by atoms with van der Waals surface area (Å²) in [6, 6.07) is 23.4. The Hall–Kier alpha value is -2.54. The van der Waals surface area contributed by atoms with Crippen LogP contribution in [0.25, 0.3) is 22.3 Å². The van der Waals surface area contributed by atoms with Crippen molar-refractivity contribution >= 4 is 0 Å². The molecule has 0 unspecified atom stereocenters. The lowest BCUT2D eigenvalue weighted by Crippen LogP contribution is -2.29. The number of phenols is 1. The second kappa shape index (κ2) is 7.13. The summed E-state index contributed by atoms with van der Waals surface area (Å²) in [5.41, 5.74) is 7.68. The Morgan fingerprint density at radius 1 is 0.679 bits per heavy atom. The normalized spacial score (nSPS) is 14.4. The molecule has 0 saturated carbocycles. The molecule has 144 valence electrons. The predicted molar refractivity (Wildman–Crippen MR) is 119 cm³/mol. The molecule has 28 heavy (non-hydrogen) atoms. The van der Waals surface area contributed by atoms with Crippen LogP contribution in [0.5, 0.6) is 5.75 Å². The minimum absolute atomic E-state index is 0.0364. The smallest absolute Gasteiger partial charge is 0.123 e. The zero-order valence-electron chi connectivity index (χ0n) is 17.4. The predicted octanol–water partition coefficient (Wildman–Crippen LogP) is 7.42. The third kappa shape index (κ3) is 3.03. The van der Waals surface area contributed by atoms with Gasteiger partial charge in [0.15, 0.2) is 0 Å². The van der Waals surface area contributed by atoms with Crippen LogP contribution in [0.1, 0.15) is 51.7 Å². The van der Waals surface area contributed by atoms with Gasteiger partial charge >= 0.3 is 0 Å². The Kier molecular flexibility index (Phi) is 4.79. The molecule has 3 aromatic rings. The van der Waals surface area contributed by atoms with Crippen LogP contribution in [0.15, 0.2) is 66.7 Å². The third-order valence-electron chi connectivity index (χ3n) is 6.00. The van der Waals surface area contributed by atoms with Crippen LogP contribution in [-0.2, 0) is 5.41 Å². The minimum Gasteiger partial charge on any atom is -0.507 e. The van der Waals surface area contributed by atoms with E-state index in [1.54, 1.807) is 6.07 Å². The van der Waals surface area contributed by atoms with E-state index in [9.17, 15) is 5.11 Å². The van der Waals surface area contributed by atoms with Crippen molar-refractivity contribution in [2.45, 2.75) is 46.0 Å². The van der Waals surface area contributed by atoms with Gasteiger partial charge in [-0.3, -0.25) is 0 Å². The fourth-order valence-corrected chi connectivity index (χ4v) is 5.26. The molecule has 0 radical (unpaired) electrons. The van der Waals surface area contributed by atoms with Crippen molar-refractivity contribution in [3.63, 3.8) is 0 Å². The lowest BCUT2D eigenvalue weighted by Gasteiger charge is -2.36. The Morgan fingerprint density at radius 2 is 1.25 bits per heavy atom. The van der Waals surface area contributed by atoms with E-state index in [2.05, 4.69) is 70.2 Å². The molecule has 0 saturated heterocycles. The molecule has 0 aromatic heterocycles. The summed E-state index contributed by atoms with van der Waals surface area (Å²) in [4.78, 5) is 0. The van der Waals surface area contributed by atoms with Crippen LogP contribution in [0.3, 0.4) is 0 Å². The van der Waals surface area contributed by atoms with Gasteiger partial charge < -0.3 is 5.11 Å². The van der Waals surface area contributed by atoms with E-state index >= 15 is 0 Å². The first-order valence-electron chi connectivity index (χ1n) is 10.4. The molecular weight excluding hydrogens is 340 g/mol. The standard InChI is InChI=1S/C27H30O/c1-18(2)16-27(17-19(3)4)24-11-7-5-10-22(24)23-14-13-20(15-25(23)27)21-9-6-8-12-26(21)28/h5-15,18-19,28H,16-17H2,1-4H3. The van der Waals surface area contributed by atoms with E-state index in [0.717, 1.165) is 24.0 Å². The maximum absolute atomic E-state index is 10.4. The van der Waals surface area contributed by atoms with Gasteiger partial charge in [0.25, 0.3) is 0 Å². The Bertz CT molecular complexity index is 987. The molecule has 0 fully saturated rings. The molecule has 1 N–H and O–H groups in total. The number of hydrogen-bond donors (Lipinski definition) is 1. The average molecular weight is 371 g/mol. The van der Waals surface area contributed by atoms with Crippen molar-refractivity contribution in [2.24, 2.45) is 11.8 Å². The van der Waals surface area contributed by atoms with Gasteiger partial charge in [0.2, 0.25) is 0 Å². The SMILES string of the molecule is CC(C)CC1(CC(C)C)c2ccccc2-c2ccc(-c3ccccc3O)cc21. The van der Waals surface area contributed by atoms with E-state index in [1.807, 2.05) is 18.2 Å². The summed E-state index contributed by atoms with van der Waals surface area (Å²) in [6.45, 7) is 9.32. The fraction of sp³-hybridized carbons (Fsp3) is 0.333. The van der Waals surface area contributed by atoms with Gasteiger partial charge in [0.1, 0.15) is 5.75 Å². The highest BCUT2D eigenvalue weighted by molar-refractivity contribution is 5.84. The number of fused-ring (bicyclic) bond motifs is 3. The van der Waals surface area contributed by atoms with Crippen LogP contribution in [0.4, 0.5) is 0 Å². The topological polar surface area (TPSA) is 20.2 Å². The van der Waals surface area contributed by atoms with Crippen LogP contribution in [-0.4, -0.2) is 5.11 Å². The first kappa shape index (κ1) is 18.8. The van der Waals surface area contributed by atoms with Gasteiger partial charge in [0, 0.05) is 11.0 Å². The van der Waals surface area contributed by atoms with Gasteiger partial charge in [-0.25, -0.2) is 0 Å². The van der Waals surface area contributed by atoms with Crippen molar-refractivity contribution in [1.82, 2.24) is 0 Å². The number of benzene rings is 3. The molecule has 3 aromatic carbocycles. The molecule has 0 bridgehead atoms. The summed E-state index contributed by atoms with van der Waals surface area (Å²) in [6.07, 6.45) is 2.28. The molecule has 0 aliphatic heterocycles. The molecule has 0 heterocycles. The summed E-state index contributed by atoms with van der Waals surface area (Å²) in [5.74, 6) is 1.55. The van der Waals surface area contributed by atoms with Crippen molar-refractivity contribution in [2.75, 3.05) is 0 Å². The van der Waals surface area contributed by atoms with E-state index in [4.69, 9.17) is 0 Å². The first-order chi connectivity index (χ1) is 13.4. The molecular formula is C27H30O. The number of hydrogen-bond acceptors (Lipinski definition) is 1. The van der Waals surface area contributed by atoms with E-state index in [0.29, 0.717) is 17.6 Å². The van der Waals surface area contributed by atoms with E-state index in [1.165, 1.54) is 22.3 Å². The minimum atomic E-state index is 0.0364. The maximum atomic E-state index is 10.4. The monoisotopic (exact) mass is 370 g/mol. The van der Waals surface area contributed by atoms with Crippen LogP contribution in [0.2, 0.25) is 0 Å². The highest BCUT2D eigenvalue weighted by Gasteiger charge is 2.43. The maximum Gasteiger partial charge on any atom is 0.123 e. The zero-order valence-corrected chi connectivity index (χ0v) is 17.4. The second-order valence-corrected chi connectivity index (χ2v) is 9.10. The number of para-hydroxylation sites is 1. The van der Waals surface area contributed by atoms with E-state index < -0.39 is 0 Å². The van der Waals surface area contributed by atoms with E-state index in [-0.39, 0.29) is 5.41 Å². The molecule has 1 nitrogen and oxygen atoms in total. The lowest BCUT2D eigenvalue weighted by atomic mass is 9.67. The molecule has 0 amide bonds. The molecule has 1 aliphatic rings. The van der Waals surface area contributed by atoms with Crippen molar-refractivity contribution in [1.29, 1.82) is 0 Å². The van der Waals surface area contributed by atoms with Crippen LogP contribution < -0.4 is 0 Å². The van der Waals surface area contributed by atoms with Crippen molar-refractivity contribution in [3.8, 4) is 28.0 Å². The number of phenolic OH excluding ortho intramolecular Hbond substituents is 1. The van der Waals surface area contributed by atoms with Gasteiger partial charge in [-0.1, -0.05) is 82.3 Å². The molecule has 0 spiro atoms. The van der Waals surface area contributed by atoms with Crippen LogP contribution in [0, 0.1) is 11.8 Å². The quantitative estimate of drug-likeness (QED) is 0.495. The Balaban J connectivity index is 1.98. The van der Waals surface area contributed by atoms with Gasteiger partial charge in [0.05, 0.1) is 0 Å². The molecule has 0 atom stereocenters. The summed E-state index contributed by atoms with van der Waals surface area (Å²) in [5, 5.41) is 10.4. The second-order valence-electron chi connectivity index (χ2n) is 9.10. The summed E-state index contributed by atoms with van der Waals surface area (Å²) in [7, 11) is 0. The highest BCUT2D eigenvalue weighted by atomic mass is 16.3. The van der Waals surface area contributed by atoms with Gasteiger partial charge in [-0.2, -0.15) is 0 Å². The highest BCUT2D eigenvalue weighted by Crippen LogP contribution is 2.55. The Morgan fingerprint density at radius 3 is 1.89 bits per heavy atom.